The van der Waals surface area contributed by atoms with Crippen molar-refractivity contribution < 1.29 is 14.3 Å². The van der Waals surface area contributed by atoms with E-state index in [1.807, 2.05) is 0 Å². The molecule has 2 amide bonds. The number of carbonyl (C=O) groups is 2. The van der Waals surface area contributed by atoms with Gasteiger partial charge >= 0.3 is 6.09 Å². The summed E-state index contributed by atoms with van der Waals surface area (Å²) in [6, 6.07) is -1.09. The first-order valence-electron chi connectivity index (χ1n) is 5.86. The molecule has 0 radical (unpaired) electrons. The monoisotopic (exact) mass is 344 g/mol. The van der Waals surface area contributed by atoms with Crippen molar-refractivity contribution >= 4 is 46.8 Å². The molecule has 0 bridgehead atoms. The van der Waals surface area contributed by atoms with Gasteiger partial charge in [-0.2, -0.15) is 0 Å². The number of alkyl halides is 3. The summed E-state index contributed by atoms with van der Waals surface area (Å²) < 4.78 is 3.02. The normalized spacial score (nSPS) is 14.9. The van der Waals surface area contributed by atoms with E-state index in [4.69, 9.17) is 39.5 Å². The molecule has 0 aliphatic heterocycles. The predicted molar refractivity (Wildman–Crippen MR) is 81.2 cm³/mol. The van der Waals surface area contributed by atoms with E-state index >= 15 is 0 Å². The van der Waals surface area contributed by atoms with Gasteiger partial charge in [-0.15, -0.1) is 6.58 Å². The van der Waals surface area contributed by atoms with Gasteiger partial charge in [0.2, 0.25) is 0 Å². The predicted octanol–water partition coefficient (Wildman–Crippen LogP) is 2.94. The summed E-state index contributed by atoms with van der Waals surface area (Å²) in [7, 11) is 0. The molecule has 0 aromatic carbocycles. The van der Waals surface area contributed by atoms with Crippen molar-refractivity contribution in [3.05, 3.63) is 12.7 Å². The Bertz CT molecular complexity index is 375. The van der Waals surface area contributed by atoms with E-state index in [0.29, 0.717) is 0 Å². The second-order valence-corrected chi connectivity index (χ2v) is 7.45. The lowest BCUT2D eigenvalue weighted by Gasteiger charge is -2.26. The van der Waals surface area contributed by atoms with Gasteiger partial charge in [0.15, 0.2) is 0 Å². The minimum absolute atomic E-state index is 0.487. The third kappa shape index (κ3) is 7.82. The lowest BCUT2D eigenvalue weighted by Crippen LogP contribution is -2.52. The maximum absolute atomic E-state index is 11.6. The molecule has 0 saturated carbocycles. The zero-order valence-corrected chi connectivity index (χ0v) is 14.1. The minimum atomic E-state index is -2.08. The average Bonchev–Trinajstić information content (AvgIpc) is 2.20. The fourth-order valence-corrected chi connectivity index (χ4v) is 1.37. The Morgan fingerprint density at radius 1 is 1.20 bits per heavy atom. The summed E-state index contributed by atoms with van der Waals surface area (Å²) in [4.78, 5) is 23.2. The maximum atomic E-state index is 11.6. The fraction of sp³-hybridized carbons (Fsp3) is 0.667. The molecule has 0 aliphatic rings. The zero-order valence-electron chi connectivity index (χ0n) is 11.8. The number of hydrogen-bond donors (Lipinski definition) is 2. The quantitative estimate of drug-likeness (QED) is 0.608. The standard InChI is InChI=1S/C12H19Cl3N2O3/c1-6-8(17-9(18)12(13,14)15)7(2)16-10(19)20-11(3,4)5/h6-8H,1H2,2-5H3,(H,16,19)(H,17,18)/t7-,8+/m0/s1. The molecule has 0 aliphatic carbocycles. The van der Waals surface area contributed by atoms with E-state index in [-0.39, 0.29) is 0 Å². The lowest BCUT2D eigenvalue weighted by molar-refractivity contribution is -0.120. The summed E-state index contributed by atoms with van der Waals surface area (Å²) in [5.41, 5.74) is -0.617. The van der Waals surface area contributed by atoms with Crippen molar-refractivity contribution in [1.82, 2.24) is 10.6 Å². The molecule has 0 heterocycles. The Morgan fingerprint density at radius 3 is 2.05 bits per heavy atom. The van der Waals surface area contributed by atoms with E-state index in [0.717, 1.165) is 0 Å². The Morgan fingerprint density at radius 2 is 1.70 bits per heavy atom. The van der Waals surface area contributed by atoms with Crippen LogP contribution in [0.2, 0.25) is 0 Å². The summed E-state index contributed by atoms with van der Waals surface area (Å²) in [5.74, 6) is -0.801. The highest BCUT2D eigenvalue weighted by atomic mass is 35.6. The molecule has 0 rings (SSSR count). The van der Waals surface area contributed by atoms with Crippen LogP contribution in [0.25, 0.3) is 0 Å². The second-order valence-electron chi connectivity index (χ2n) is 5.17. The van der Waals surface area contributed by atoms with Gasteiger partial charge in [0.25, 0.3) is 9.70 Å². The third-order valence-corrected chi connectivity index (χ3v) is 2.61. The SMILES string of the molecule is C=C[C@@H](NC(=O)C(Cl)(Cl)Cl)[C@H](C)NC(=O)OC(C)(C)C. The molecular weight excluding hydrogens is 327 g/mol. The Labute approximate surface area is 134 Å². The van der Waals surface area contributed by atoms with Crippen LogP contribution in [0.4, 0.5) is 4.79 Å². The third-order valence-electron chi connectivity index (χ3n) is 2.09. The smallest absolute Gasteiger partial charge is 0.407 e. The number of alkyl carbamates (subject to hydrolysis) is 1. The molecule has 8 heteroatoms. The first-order valence-corrected chi connectivity index (χ1v) is 7.00. The summed E-state index contributed by atoms with van der Waals surface area (Å²) in [5, 5.41) is 5.02. The molecule has 2 atom stereocenters. The topological polar surface area (TPSA) is 67.4 Å². The zero-order chi connectivity index (χ0) is 16.1. The van der Waals surface area contributed by atoms with Crippen LogP contribution in [0.5, 0.6) is 0 Å². The van der Waals surface area contributed by atoms with E-state index in [1.165, 1.54) is 6.08 Å². The van der Waals surface area contributed by atoms with Crippen molar-refractivity contribution in [3.63, 3.8) is 0 Å². The van der Waals surface area contributed by atoms with Gasteiger partial charge < -0.3 is 15.4 Å². The summed E-state index contributed by atoms with van der Waals surface area (Å²) >= 11 is 16.4. The number of rotatable bonds is 4. The van der Waals surface area contributed by atoms with Crippen LogP contribution >= 0.6 is 34.8 Å². The van der Waals surface area contributed by atoms with Crippen molar-refractivity contribution in [2.75, 3.05) is 0 Å². The van der Waals surface area contributed by atoms with Crippen molar-refractivity contribution in [1.29, 1.82) is 0 Å². The lowest BCUT2D eigenvalue weighted by atomic mass is 10.1. The van der Waals surface area contributed by atoms with E-state index in [1.54, 1.807) is 27.7 Å². The molecule has 0 fully saturated rings. The van der Waals surface area contributed by atoms with Gasteiger partial charge in [-0.25, -0.2) is 4.79 Å². The van der Waals surface area contributed by atoms with Crippen LogP contribution in [-0.4, -0.2) is 33.5 Å². The highest BCUT2D eigenvalue weighted by molar-refractivity contribution is 6.76. The maximum Gasteiger partial charge on any atom is 0.407 e. The molecule has 0 aromatic heterocycles. The molecular formula is C12H19Cl3N2O3. The highest BCUT2D eigenvalue weighted by Gasteiger charge is 2.33. The Kier molecular flexibility index (Phi) is 7.14. The number of nitrogens with one attached hydrogen (secondary N) is 2. The first-order chi connectivity index (χ1) is 8.86. The number of halogens is 3. The molecule has 0 aromatic rings. The van der Waals surface area contributed by atoms with Gasteiger partial charge in [0, 0.05) is 0 Å². The number of carbonyl (C=O) groups excluding carboxylic acids is 2. The second kappa shape index (κ2) is 7.38. The van der Waals surface area contributed by atoms with Gasteiger partial charge in [0.1, 0.15) is 5.60 Å². The van der Waals surface area contributed by atoms with Crippen LogP contribution < -0.4 is 10.6 Å². The van der Waals surface area contributed by atoms with Crippen LogP contribution in [0, 0.1) is 0 Å². The fourth-order valence-electron chi connectivity index (χ4n) is 1.20. The first kappa shape index (κ1) is 19.4. The number of hydrogen-bond acceptors (Lipinski definition) is 3. The minimum Gasteiger partial charge on any atom is -0.444 e. The highest BCUT2D eigenvalue weighted by Crippen LogP contribution is 2.26. The van der Waals surface area contributed by atoms with Crippen LogP contribution in [0.3, 0.4) is 0 Å². The number of ether oxygens (including phenoxy) is 1. The van der Waals surface area contributed by atoms with E-state index in [9.17, 15) is 9.59 Å². The van der Waals surface area contributed by atoms with Crippen molar-refractivity contribution in [2.24, 2.45) is 0 Å². The molecule has 5 nitrogen and oxygen atoms in total. The Balaban J connectivity index is 4.57. The summed E-state index contributed by atoms with van der Waals surface area (Å²) in [6.45, 7) is 10.5. The molecule has 0 unspecified atom stereocenters. The molecule has 2 N–H and O–H groups in total. The van der Waals surface area contributed by atoms with Crippen LogP contribution in [0.15, 0.2) is 12.7 Å². The van der Waals surface area contributed by atoms with Crippen molar-refractivity contribution in [2.45, 2.75) is 49.2 Å². The summed E-state index contributed by atoms with van der Waals surface area (Å²) in [6.07, 6.45) is 0.816. The van der Waals surface area contributed by atoms with Gasteiger partial charge in [-0.3, -0.25) is 4.79 Å². The molecule has 20 heavy (non-hydrogen) atoms. The largest absolute Gasteiger partial charge is 0.444 e. The van der Waals surface area contributed by atoms with Crippen molar-refractivity contribution in [3.8, 4) is 0 Å². The van der Waals surface area contributed by atoms with E-state index in [2.05, 4.69) is 17.2 Å². The molecule has 0 spiro atoms. The van der Waals surface area contributed by atoms with Gasteiger partial charge in [0.05, 0.1) is 12.1 Å². The van der Waals surface area contributed by atoms with Crippen LogP contribution in [-0.2, 0) is 9.53 Å². The molecule has 0 saturated heterocycles. The Hall–Kier alpha value is -0.650. The molecule has 116 valence electrons. The van der Waals surface area contributed by atoms with E-state index < -0.39 is 33.5 Å². The van der Waals surface area contributed by atoms with Gasteiger partial charge in [-0.05, 0) is 27.7 Å². The average molecular weight is 346 g/mol. The number of amides is 2. The van der Waals surface area contributed by atoms with Gasteiger partial charge in [-0.1, -0.05) is 40.9 Å². The van der Waals surface area contributed by atoms with Crippen LogP contribution in [0.1, 0.15) is 27.7 Å².